The molecule has 1 fully saturated rings. The number of fused-ring (bicyclic) bond motifs is 1. The van der Waals surface area contributed by atoms with Gasteiger partial charge in [0, 0.05) is 11.3 Å². The Morgan fingerprint density at radius 3 is 2.31 bits per heavy atom. The summed E-state index contributed by atoms with van der Waals surface area (Å²) in [5.41, 5.74) is 1.60. The second-order valence-electron chi connectivity index (χ2n) is 8.60. The van der Waals surface area contributed by atoms with E-state index in [1.807, 2.05) is 19.9 Å². The van der Waals surface area contributed by atoms with Crippen LogP contribution >= 0.6 is 0 Å². The molecule has 178 valence electrons. The van der Waals surface area contributed by atoms with E-state index in [2.05, 4.69) is 0 Å². The van der Waals surface area contributed by atoms with Crippen molar-refractivity contribution in [1.82, 2.24) is 0 Å². The van der Waals surface area contributed by atoms with Gasteiger partial charge in [-0.05, 0) is 61.9 Å². The van der Waals surface area contributed by atoms with Crippen LogP contribution in [0, 0.1) is 0 Å². The Labute approximate surface area is 203 Å². The van der Waals surface area contributed by atoms with Gasteiger partial charge >= 0.3 is 0 Å². The average molecular weight is 472 g/mol. The molecule has 3 aromatic carbocycles. The molecule has 35 heavy (non-hydrogen) atoms. The second-order valence-corrected chi connectivity index (χ2v) is 8.60. The van der Waals surface area contributed by atoms with Gasteiger partial charge in [0.1, 0.15) is 24.7 Å². The fourth-order valence-corrected chi connectivity index (χ4v) is 4.35. The predicted octanol–water partition coefficient (Wildman–Crippen LogP) is 4.87. The third kappa shape index (κ3) is 4.21. The summed E-state index contributed by atoms with van der Waals surface area (Å²) in [6, 6.07) is 20.3. The van der Waals surface area contributed by atoms with Crippen LogP contribution in [0.25, 0.3) is 5.76 Å². The molecule has 1 N–H and O–H groups in total. The molecule has 2 aliphatic rings. The molecule has 0 bridgehead atoms. The molecule has 0 spiro atoms. The highest BCUT2D eigenvalue weighted by atomic mass is 16.6. The summed E-state index contributed by atoms with van der Waals surface area (Å²) >= 11 is 0. The van der Waals surface area contributed by atoms with Crippen LogP contribution in [0.15, 0.2) is 78.4 Å². The smallest absolute Gasteiger partial charge is 0.300 e. The first kappa shape index (κ1) is 22.5. The number of ether oxygens (including phenoxy) is 3. The molecule has 0 radical (unpaired) electrons. The number of Topliss-reactive ketones (excluding diaryl/α,β-unsaturated/α-hetero) is 1. The van der Waals surface area contributed by atoms with E-state index in [0.29, 0.717) is 47.3 Å². The molecular formula is C28H25NO6. The molecule has 1 amide bonds. The van der Waals surface area contributed by atoms with Crippen molar-refractivity contribution in [3.8, 4) is 17.2 Å². The lowest BCUT2D eigenvalue weighted by atomic mass is 9.95. The van der Waals surface area contributed by atoms with Crippen LogP contribution in [0.2, 0.25) is 0 Å². The van der Waals surface area contributed by atoms with Gasteiger partial charge in [-0.25, -0.2) is 0 Å². The molecule has 1 saturated heterocycles. The summed E-state index contributed by atoms with van der Waals surface area (Å²) in [6.07, 6.45) is 0.00557. The van der Waals surface area contributed by atoms with E-state index >= 15 is 0 Å². The molecule has 1 atom stereocenters. The van der Waals surface area contributed by atoms with Crippen LogP contribution in [-0.4, -0.2) is 36.1 Å². The van der Waals surface area contributed by atoms with Crippen molar-refractivity contribution in [2.75, 3.05) is 18.1 Å². The zero-order valence-corrected chi connectivity index (χ0v) is 19.4. The van der Waals surface area contributed by atoms with Crippen LogP contribution in [0.4, 0.5) is 5.69 Å². The fourth-order valence-electron chi connectivity index (χ4n) is 4.35. The Hall–Kier alpha value is -4.26. The van der Waals surface area contributed by atoms with Gasteiger partial charge in [0.15, 0.2) is 11.5 Å². The number of ketones is 1. The summed E-state index contributed by atoms with van der Waals surface area (Å²) < 4.78 is 16.9. The first-order valence-corrected chi connectivity index (χ1v) is 11.5. The summed E-state index contributed by atoms with van der Waals surface area (Å²) in [6.45, 7) is 4.70. The number of amides is 1. The highest BCUT2D eigenvalue weighted by Crippen LogP contribution is 2.43. The molecule has 0 saturated carbocycles. The monoisotopic (exact) mass is 471 g/mol. The third-order valence-corrected chi connectivity index (χ3v) is 5.86. The number of nitrogens with zero attached hydrogens (tertiary/aromatic N) is 1. The maximum atomic E-state index is 13.3. The molecular weight excluding hydrogens is 446 g/mol. The number of carbonyl (C=O) groups excluding carboxylic acids is 2. The number of hydrogen-bond donors (Lipinski definition) is 1. The minimum atomic E-state index is -0.821. The zero-order chi connectivity index (χ0) is 24.5. The highest BCUT2D eigenvalue weighted by Gasteiger charge is 2.47. The van der Waals surface area contributed by atoms with Crippen molar-refractivity contribution in [1.29, 1.82) is 0 Å². The minimum absolute atomic E-state index is 0.00557. The van der Waals surface area contributed by atoms with Gasteiger partial charge in [0.2, 0.25) is 0 Å². The van der Waals surface area contributed by atoms with Crippen LogP contribution in [-0.2, 0) is 9.59 Å². The van der Waals surface area contributed by atoms with Gasteiger partial charge in [-0.1, -0.05) is 30.3 Å². The Bertz CT molecular complexity index is 1300. The van der Waals surface area contributed by atoms with E-state index < -0.39 is 17.7 Å². The van der Waals surface area contributed by atoms with E-state index in [-0.39, 0.29) is 17.4 Å². The molecule has 3 aromatic rings. The molecule has 1 unspecified atom stereocenters. The fraction of sp³-hybridized carbons (Fsp3) is 0.214. The lowest BCUT2D eigenvalue weighted by Gasteiger charge is -2.26. The standard InChI is InChI=1S/C28H25NO6/c1-17(2)35-21-11-8-18(9-12-21)25-24(27(31)28(32)29(25)20-6-4-3-5-7-20)26(30)19-10-13-22-23(16-19)34-15-14-33-22/h3-13,16-17,25,30H,14-15H2,1-2H3/b26-24-. The number of carbonyl (C=O) groups is 2. The Balaban J connectivity index is 1.64. The van der Waals surface area contributed by atoms with Crippen LogP contribution < -0.4 is 19.1 Å². The van der Waals surface area contributed by atoms with Crippen molar-refractivity contribution in [3.63, 3.8) is 0 Å². The molecule has 2 heterocycles. The van der Waals surface area contributed by atoms with E-state index in [4.69, 9.17) is 14.2 Å². The largest absolute Gasteiger partial charge is 0.507 e. The topological polar surface area (TPSA) is 85.3 Å². The number of aliphatic hydroxyl groups excluding tert-OH is 1. The minimum Gasteiger partial charge on any atom is -0.507 e. The molecule has 7 nitrogen and oxygen atoms in total. The van der Waals surface area contributed by atoms with Gasteiger partial charge in [-0.2, -0.15) is 0 Å². The van der Waals surface area contributed by atoms with Crippen LogP contribution in [0.3, 0.4) is 0 Å². The SMILES string of the molecule is CC(C)Oc1ccc(C2/C(=C(/O)c3ccc4c(c3)OCCO4)C(=O)C(=O)N2c2ccccc2)cc1. The predicted molar refractivity (Wildman–Crippen MR) is 131 cm³/mol. The zero-order valence-electron chi connectivity index (χ0n) is 19.4. The molecule has 0 aliphatic carbocycles. The number of benzene rings is 3. The number of anilines is 1. The van der Waals surface area contributed by atoms with Crippen molar-refractivity contribution in [3.05, 3.63) is 89.5 Å². The van der Waals surface area contributed by atoms with Gasteiger partial charge in [0.25, 0.3) is 11.7 Å². The van der Waals surface area contributed by atoms with E-state index in [1.54, 1.807) is 66.7 Å². The summed E-state index contributed by atoms with van der Waals surface area (Å²) in [4.78, 5) is 28.0. The van der Waals surface area contributed by atoms with Gasteiger partial charge in [-0.15, -0.1) is 0 Å². The summed E-state index contributed by atoms with van der Waals surface area (Å²) in [7, 11) is 0. The Morgan fingerprint density at radius 2 is 1.63 bits per heavy atom. The summed E-state index contributed by atoms with van der Waals surface area (Å²) in [5.74, 6) is -0.0192. The van der Waals surface area contributed by atoms with E-state index in [9.17, 15) is 14.7 Å². The second kappa shape index (κ2) is 9.18. The molecule has 7 heteroatoms. The first-order valence-electron chi connectivity index (χ1n) is 11.5. The quantitative estimate of drug-likeness (QED) is 0.325. The average Bonchev–Trinajstić information content (AvgIpc) is 3.14. The molecule has 5 rings (SSSR count). The maximum Gasteiger partial charge on any atom is 0.300 e. The highest BCUT2D eigenvalue weighted by molar-refractivity contribution is 6.51. The lowest BCUT2D eigenvalue weighted by Crippen LogP contribution is -2.29. The van der Waals surface area contributed by atoms with Crippen LogP contribution in [0.1, 0.15) is 31.0 Å². The Kier molecular flexibility index (Phi) is 5.91. The first-order chi connectivity index (χ1) is 16.9. The van der Waals surface area contributed by atoms with Crippen molar-refractivity contribution >= 4 is 23.1 Å². The van der Waals surface area contributed by atoms with Crippen molar-refractivity contribution < 1.29 is 28.9 Å². The lowest BCUT2D eigenvalue weighted by molar-refractivity contribution is -0.132. The Morgan fingerprint density at radius 1 is 0.943 bits per heavy atom. The van der Waals surface area contributed by atoms with Crippen LogP contribution in [0.5, 0.6) is 17.2 Å². The number of rotatable bonds is 5. The van der Waals surface area contributed by atoms with Crippen molar-refractivity contribution in [2.24, 2.45) is 0 Å². The van der Waals surface area contributed by atoms with Gasteiger partial charge < -0.3 is 19.3 Å². The molecule has 2 aliphatic heterocycles. The number of aliphatic hydroxyl groups is 1. The maximum absolute atomic E-state index is 13.3. The number of para-hydroxylation sites is 1. The molecule has 0 aromatic heterocycles. The van der Waals surface area contributed by atoms with Gasteiger partial charge in [0.05, 0.1) is 17.7 Å². The third-order valence-electron chi connectivity index (χ3n) is 5.86. The van der Waals surface area contributed by atoms with E-state index in [1.165, 1.54) is 4.90 Å². The normalized spacial score (nSPS) is 18.7. The number of hydrogen-bond acceptors (Lipinski definition) is 6. The van der Waals surface area contributed by atoms with Crippen molar-refractivity contribution in [2.45, 2.75) is 26.0 Å². The van der Waals surface area contributed by atoms with E-state index in [0.717, 1.165) is 0 Å². The van der Waals surface area contributed by atoms with Gasteiger partial charge in [-0.3, -0.25) is 14.5 Å². The summed E-state index contributed by atoms with van der Waals surface area (Å²) in [5, 5.41) is 11.3.